The van der Waals surface area contributed by atoms with Crippen molar-refractivity contribution in [1.82, 2.24) is 0 Å². The lowest BCUT2D eigenvalue weighted by atomic mass is 9.92. The first-order valence-electron chi connectivity index (χ1n) is 14.0. The summed E-state index contributed by atoms with van der Waals surface area (Å²) in [7, 11) is 0. The van der Waals surface area contributed by atoms with E-state index in [1.54, 1.807) is 24.3 Å². The molecular formula is C28H24F14O2P2S4. The van der Waals surface area contributed by atoms with Crippen molar-refractivity contribution >= 4 is 65.1 Å². The van der Waals surface area contributed by atoms with Gasteiger partial charge >= 0.3 is 35.8 Å². The van der Waals surface area contributed by atoms with Crippen LogP contribution in [0.4, 0.5) is 61.5 Å². The van der Waals surface area contributed by atoms with Crippen molar-refractivity contribution < 1.29 is 70.9 Å². The molecule has 2 aromatic carbocycles. The summed E-state index contributed by atoms with van der Waals surface area (Å²) < 4.78 is 191. The fourth-order valence-corrected chi connectivity index (χ4v) is 46.4. The number of unbranched alkanes of at least 4 members (excludes halogenated alkanes) is 3. The zero-order valence-corrected chi connectivity index (χ0v) is 30.0. The van der Waals surface area contributed by atoms with Crippen LogP contribution < -0.4 is 20.1 Å². The Morgan fingerprint density at radius 3 is 1.36 bits per heavy atom. The van der Waals surface area contributed by atoms with Gasteiger partial charge in [-0.05, 0) is 74.2 Å². The summed E-state index contributed by atoms with van der Waals surface area (Å²) >= 11 is 14.8. The van der Waals surface area contributed by atoms with Crippen molar-refractivity contribution in [2.75, 3.05) is 13.2 Å². The van der Waals surface area contributed by atoms with E-state index in [1.807, 2.05) is 12.1 Å². The van der Waals surface area contributed by atoms with E-state index < -0.39 is 70.5 Å². The van der Waals surface area contributed by atoms with Gasteiger partial charge in [0, 0.05) is 23.5 Å². The summed E-state index contributed by atoms with van der Waals surface area (Å²) in [4.78, 5) is 0. The summed E-state index contributed by atoms with van der Waals surface area (Å²) in [6.45, 7) is -0.0278. The number of hydrogen-bond acceptors (Lipinski definition) is 6. The van der Waals surface area contributed by atoms with Crippen LogP contribution in [0.1, 0.15) is 38.5 Å². The minimum Gasteiger partial charge on any atom is -0.494 e. The minimum atomic E-state index is -7.91. The third-order valence-corrected chi connectivity index (χ3v) is 38.2. The van der Waals surface area contributed by atoms with Crippen LogP contribution in [0.5, 0.6) is 11.5 Å². The van der Waals surface area contributed by atoms with Gasteiger partial charge in [0.05, 0.1) is 22.1 Å². The third-order valence-electron chi connectivity index (χ3n) is 6.92. The lowest BCUT2D eigenvalue weighted by molar-refractivity contribution is -0.440. The molecule has 280 valence electrons. The first-order chi connectivity index (χ1) is 22.9. The quantitative estimate of drug-likeness (QED) is 0.0678. The van der Waals surface area contributed by atoms with Crippen molar-refractivity contribution in [3.8, 4) is 23.6 Å². The molecule has 1 aliphatic heterocycles. The molecule has 0 saturated carbocycles. The molecule has 0 amide bonds. The van der Waals surface area contributed by atoms with Gasteiger partial charge in [0.2, 0.25) is 0 Å². The highest BCUT2D eigenvalue weighted by Gasteiger charge is 2.90. The second kappa shape index (κ2) is 15.9. The molecule has 0 N–H and O–H groups in total. The smallest absolute Gasteiger partial charge is 0.460 e. The first-order valence-corrected chi connectivity index (χ1v) is 23.7. The lowest BCUT2D eigenvalue weighted by Gasteiger charge is -2.40. The molecule has 0 radical (unpaired) electrons. The highest BCUT2D eigenvalue weighted by molar-refractivity contribution is 9.48. The average Bonchev–Trinajstić information content (AvgIpc) is 3.01. The number of alkyl halides is 13. The van der Waals surface area contributed by atoms with Crippen molar-refractivity contribution in [2.24, 2.45) is 0 Å². The van der Waals surface area contributed by atoms with Crippen LogP contribution in [0.3, 0.4) is 0 Å². The molecule has 1 saturated heterocycles. The zero-order valence-electron chi connectivity index (χ0n) is 24.9. The van der Waals surface area contributed by atoms with Crippen LogP contribution in [0.15, 0.2) is 48.5 Å². The lowest BCUT2D eigenvalue weighted by Crippen LogP contribution is -2.70. The molecule has 3 rings (SSSR count). The maximum absolute atomic E-state index is 14.0. The second-order valence-corrected chi connectivity index (χ2v) is 31.8. The van der Waals surface area contributed by atoms with Crippen molar-refractivity contribution in [2.45, 2.75) is 74.3 Å². The fraction of sp³-hybridized carbons (Fsp3) is 0.500. The molecule has 0 spiro atoms. The maximum atomic E-state index is 14.0. The van der Waals surface area contributed by atoms with Gasteiger partial charge in [-0.2, -0.15) is 57.1 Å². The molecular weight excluding hydrogens is 824 g/mol. The van der Waals surface area contributed by atoms with Crippen LogP contribution in [-0.2, 0) is 23.6 Å². The Hall–Kier alpha value is -1.38. The number of hydrogen-bond donors (Lipinski definition) is 0. The van der Waals surface area contributed by atoms with E-state index in [1.165, 1.54) is 40.3 Å². The Kier molecular flexibility index (Phi) is 13.7. The largest absolute Gasteiger partial charge is 0.494 e. The predicted octanol–water partition coefficient (Wildman–Crippen LogP) is 11.5. The van der Waals surface area contributed by atoms with Gasteiger partial charge in [-0.15, -0.1) is 4.39 Å². The van der Waals surface area contributed by atoms with Gasteiger partial charge in [0.1, 0.15) is 17.7 Å². The zero-order chi connectivity index (χ0) is 37.9. The van der Waals surface area contributed by atoms with Gasteiger partial charge < -0.3 is 9.47 Å². The van der Waals surface area contributed by atoms with Gasteiger partial charge in [-0.1, -0.05) is 51.5 Å². The van der Waals surface area contributed by atoms with E-state index in [9.17, 15) is 61.5 Å². The molecule has 1 heterocycles. The molecule has 50 heavy (non-hydrogen) atoms. The van der Waals surface area contributed by atoms with E-state index in [2.05, 4.69) is 5.92 Å². The summed E-state index contributed by atoms with van der Waals surface area (Å²) in [5, 5.41) is 1.69. The Morgan fingerprint density at radius 1 is 0.560 bits per heavy atom. The number of halogens is 14. The Morgan fingerprint density at radius 2 is 0.960 bits per heavy atom. The fourth-order valence-electron chi connectivity index (χ4n) is 4.08. The van der Waals surface area contributed by atoms with Crippen molar-refractivity contribution in [3.63, 3.8) is 0 Å². The second-order valence-electron chi connectivity index (χ2n) is 10.5. The van der Waals surface area contributed by atoms with Gasteiger partial charge in [-0.25, -0.2) is 0 Å². The molecule has 0 bridgehead atoms. The predicted molar refractivity (Wildman–Crippen MR) is 174 cm³/mol. The molecule has 22 heteroatoms. The van der Waals surface area contributed by atoms with E-state index in [-0.39, 0.29) is 5.75 Å². The van der Waals surface area contributed by atoms with E-state index in [4.69, 9.17) is 33.1 Å². The summed E-state index contributed by atoms with van der Waals surface area (Å²) in [5.41, 5.74) is 0. The topological polar surface area (TPSA) is 18.5 Å². The highest BCUT2D eigenvalue weighted by atomic mass is 33.7. The van der Waals surface area contributed by atoms with Crippen LogP contribution in [0.25, 0.3) is 0 Å². The van der Waals surface area contributed by atoms with Gasteiger partial charge in [0.25, 0.3) is 0 Å². The Balaban J connectivity index is 1.49. The SMILES string of the molecule is FC#CCCCCOc1ccc(P2(=S)SP(=S)(c3ccc(OCCCCC(F)(F)C(F)(F)C(F)(F)C(F)(F)C(F)(F)C(F)(F)F)cc3)S2)cc1. The molecule has 0 aromatic heterocycles. The van der Waals surface area contributed by atoms with Crippen molar-refractivity contribution in [3.05, 3.63) is 48.5 Å². The third kappa shape index (κ3) is 8.86. The van der Waals surface area contributed by atoms with Gasteiger partial charge in [-0.3, -0.25) is 0 Å². The standard InChI is InChI=1S/C28H24F14O2P2S4/c29-16-4-1-2-5-17-43-19-7-11-21(12-8-19)45(47)49-46(48,50-45)22-13-9-20(10-14-22)44-18-6-3-15-23(30,31)24(32,33)25(34,35)26(36,37)27(38,39)28(40,41)42/h7-14H,1-3,5-6,15,17-18H2. The van der Waals surface area contributed by atoms with Crippen LogP contribution in [0, 0.1) is 12.1 Å². The van der Waals surface area contributed by atoms with Crippen LogP contribution in [0.2, 0.25) is 0 Å². The average molecular weight is 849 g/mol. The summed E-state index contributed by atoms with van der Waals surface area (Å²) in [5.74, 6) is -33.7. The number of rotatable bonds is 17. The van der Waals surface area contributed by atoms with Crippen LogP contribution in [-0.4, -0.2) is 49.0 Å². The van der Waals surface area contributed by atoms with Crippen LogP contribution >= 0.6 is 30.9 Å². The molecule has 2 aromatic rings. The molecule has 1 fully saturated rings. The van der Waals surface area contributed by atoms with Gasteiger partial charge in [0.15, 0.2) is 0 Å². The molecule has 0 unspecified atom stereocenters. The van der Waals surface area contributed by atoms with E-state index >= 15 is 0 Å². The first kappa shape index (κ1) is 43.0. The molecule has 0 aliphatic carbocycles. The van der Waals surface area contributed by atoms with E-state index in [0.717, 1.165) is 10.6 Å². The highest BCUT2D eigenvalue weighted by Crippen LogP contribution is 3.04. The van der Waals surface area contributed by atoms with E-state index in [0.29, 0.717) is 31.6 Å². The number of benzene rings is 2. The molecule has 0 atom stereocenters. The summed E-state index contributed by atoms with van der Waals surface area (Å²) in [6, 6.07) is 13.5. The number of ether oxygens (including phenoxy) is 2. The van der Waals surface area contributed by atoms with Crippen molar-refractivity contribution in [1.29, 1.82) is 0 Å². The minimum absolute atomic E-state index is 0.161. The summed E-state index contributed by atoms with van der Waals surface area (Å²) in [6.07, 6.45) is -8.15. The Labute approximate surface area is 294 Å². The molecule has 1 aliphatic rings. The Bertz CT molecular complexity index is 1610. The maximum Gasteiger partial charge on any atom is 0.460 e. The monoisotopic (exact) mass is 848 g/mol. The normalized spacial score (nSPS) is 20.4. The molecule has 2 nitrogen and oxygen atoms in total.